The smallest absolute Gasteiger partial charge is 0.0931 e. The maximum atomic E-state index is 6.10. The zero-order valence-electron chi connectivity index (χ0n) is 12.1. The van der Waals surface area contributed by atoms with Crippen LogP contribution in [0.5, 0.6) is 0 Å². The molecule has 1 saturated heterocycles. The largest absolute Gasteiger partial charge is 0.311 e. The Balaban J connectivity index is 1.53. The molecule has 1 N–H and O–H groups in total. The lowest BCUT2D eigenvalue weighted by Crippen LogP contribution is -2.64. The predicted octanol–water partition coefficient (Wildman–Crippen LogP) is 3.75. The second-order valence-corrected chi connectivity index (χ2v) is 8.84. The standard InChI is InChI=1S/C16H23ClN2S/c1-16(12-4-5-12)10-18-14(11-2-3-11)9-19(16)8-13-6-7-15(17)20-13/h6-7,11-12,14,18H,2-5,8-10H2,1H3. The van der Waals surface area contributed by atoms with E-state index in [1.165, 1.54) is 37.1 Å². The van der Waals surface area contributed by atoms with Crippen LogP contribution in [0.1, 0.15) is 37.5 Å². The minimum atomic E-state index is 0.349. The summed E-state index contributed by atoms with van der Waals surface area (Å²) < 4.78 is 0.919. The molecule has 0 radical (unpaired) electrons. The van der Waals surface area contributed by atoms with Gasteiger partial charge in [0.1, 0.15) is 0 Å². The average Bonchev–Trinajstić information content (AvgIpc) is 3.31. The summed E-state index contributed by atoms with van der Waals surface area (Å²) in [5.74, 6) is 1.83. The van der Waals surface area contributed by atoms with Crippen LogP contribution in [0.4, 0.5) is 0 Å². The first-order chi connectivity index (χ1) is 9.65. The summed E-state index contributed by atoms with van der Waals surface area (Å²) in [5, 5.41) is 3.85. The van der Waals surface area contributed by atoms with E-state index in [-0.39, 0.29) is 0 Å². The predicted molar refractivity (Wildman–Crippen MR) is 85.4 cm³/mol. The highest BCUT2D eigenvalue weighted by Gasteiger charge is 2.50. The first kappa shape index (κ1) is 13.6. The summed E-state index contributed by atoms with van der Waals surface area (Å²) in [6.45, 7) is 5.93. The van der Waals surface area contributed by atoms with Crippen LogP contribution >= 0.6 is 22.9 Å². The Morgan fingerprint density at radius 3 is 2.75 bits per heavy atom. The van der Waals surface area contributed by atoms with Crippen molar-refractivity contribution in [2.75, 3.05) is 13.1 Å². The molecule has 2 unspecified atom stereocenters. The number of piperazine rings is 1. The highest BCUT2D eigenvalue weighted by atomic mass is 35.5. The third-order valence-corrected chi connectivity index (χ3v) is 6.70. The maximum Gasteiger partial charge on any atom is 0.0931 e. The van der Waals surface area contributed by atoms with Crippen LogP contribution in [-0.4, -0.2) is 29.6 Å². The molecular weight excluding hydrogens is 288 g/mol. The van der Waals surface area contributed by atoms with Gasteiger partial charge in [-0.25, -0.2) is 0 Å². The molecule has 20 heavy (non-hydrogen) atoms. The molecule has 4 rings (SSSR count). The second-order valence-electron chi connectivity index (χ2n) is 7.04. The third kappa shape index (κ3) is 2.54. The quantitative estimate of drug-likeness (QED) is 0.911. The van der Waals surface area contributed by atoms with E-state index in [2.05, 4.69) is 23.2 Å². The number of nitrogens with zero attached hydrogens (tertiary/aromatic N) is 1. The molecule has 2 aliphatic carbocycles. The van der Waals surface area contributed by atoms with E-state index in [4.69, 9.17) is 11.6 Å². The van der Waals surface area contributed by atoms with Crippen LogP contribution in [0.2, 0.25) is 4.34 Å². The van der Waals surface area contributed by atoms with Crippen molar-refractivity contribution in [1.82, 2.24) is 10.2 Å². The Kier molecular flexibility index (Phi) is 3.38. The first-order valence-corrected chi connectivity index (χ1v) is 9.07. The minimum absolute atomic E-state index is 0.349. The summed E-state index contributed by atoms with van der Waals surface area (Å²) in [7, 11) is 0. The van der Waals surface area contributed by atoms with Crippen molar-refractivity contribution in [3.8, 4) is 0 Å². The van der Waals surface area contributed by atoms with E-state index in [1.807, 2.05) is 6.07 Å². The number of thiophene rings is 1. The number of hydrogen-bond acceptors (Lipinski definition) is 3. The second kappa shape index (κ2) is 4.98. The van der Waals surface area contributed by atoms with Crippen molar-refractivity contribution in [3.05, 3.63) is 21.3 Å². The van der Waals surface area contributed by atoms with E-state index in [9.17, 15) is 0 Å². The molecule has 110 valence electrons. The zero-order valence-corrected chi connectivity index (χ0v) is 13.6. The topological polar surface area (TPSA) is 15.3 Å². The summed E-state index contributed by atoms with van der Waals surface area (Å²) >= 11 is 7.84. The normalized spacial score (nSPS) is 35.4. The van der Waals surface area contributed by atoms with Gasteiger partial charge in [0.05, 0.1) is 4.34 Å². The van der Waals surface area contributed by atoms with Crippen LogP contribution in [0.3, 0.4) is 0 Å². The Labute approximate surface area is 130 Å². The Morgan fingerprint density at radius 1 is 1.35 bits per heavy atom. The lowest BCUT2D eigenvalue weighted by molar-refractivity contribution is 0.0243. The fourth-order valence-electron chi connectivity index (χ4n) is 3.75. The SMILES string of the molecule is CC1(C2CC2)CNC(C2CC2)CN1Cc1ccc(Cl)s1. The number of hydrogen-bond donors (Lipinski definition) is 1. The molecule has 0 bridgehead atoms. The molecule has 2 saturated carbocycles. The van der Waals surface area contributed by atoms with E-state index < -0.39 is 0 Å². The molecule has 2 nitrogen and oxygen atoms in total. The van der Waals surface area contributed by atoms with Gasteiger partial charge in [-0.1, -0.05) is 11.6 Å². The molecule has 3 fully saturated rings. The van der Waals surface area contributed by atoms with Crippen LogP contribution < -0.4 is 5.32 Å². The summed E-state index contributed by atoms with van der Waals surface area (Å²) in [6.07, 6.45) is 5.68. The zero-order chi connectivity index (χ0) is 13.7. The van der Waals surface area contributed by atoms with Gasteiger partial charge in [0, 0.05) is 36.1 Å². The van der Waals surface area contributed by atoms with Crippen LogP contribution in [0.25, 0.3) is 0 Å². The first-order valence-electron chi connectivity index (χ1n) is 7.88. The molecule has 1 aromatic heterocycles. The molecule has 3 aliphatic rings. The molecule has 2 heterocycles. The van der Waals surface area contributed by atoms with Gasteiger partial charge in [0.15, 0.2) is 0 Å². The highest BCUT2D eigenvalue weighted by Crippen LogP contribution is 2.46. The van der Waals surface area contributed by atoms with Gasteiger partial charge in [-0.2, -0.15) is 0 Å². The van der Waals surface area contributed by atoms with Gasteiger partial charge in [0.2, 0.25) is 0 Å². The summed E-state index contributed by atoms with van der Waals surface area (Å²) in [6, 6.07) is 4.96. The van der Waals surface area contributed by atoms with Gasteiger partial charge in [-0.05, 0) is 56.6 Å². The summed E-state index contributed by atoms with van der Waals surface area (Å²) in [4.78, 5) is 4.17. The third-order valence-electron chi connectivity index (χ3n) is 5.49. The van der Waals surface area contributed by atoms with Crippen molar-refractivity contribution in [2.24, 2.45) is 11.8 Å². The van der Waals surface area contributed by atoms with Crippen molar-refractivity contribution >= 4 is 22.9 Å². The summed E-state index contributed by atoms with van der Waals surface area (Å²) in [5.41, 5.74) is 0.349. The monoisotopic (exact) mass is 310 g/mol. The molecule has 4 heteroatoms. The highest BCUT2D eigenvalue weighted by molar-refractivity contribution is 7.16. The minimum Gasteiger partial charge on any atom is -0.311 e. The fraction of sp³-hybridized carbons (Fsp3) is 0.750. The lowest BCUT2D eigenvalue weighted by atomic mass is 9.88. The van der Waals surface area contributed by atoms with Gasteiger partial charge < -0.3 is 5.32 Å². The Bertz CT molecular complexity index is 494. The maximum absolute atomic E-state index is 6.10. The Morgan fingerprint density at radius 2 is 2.15 bits per heavy atom. The van der Waals surface area contributed by atoms with E-state index in [0.29, 0.717) is 5.54 Å². The van der Waals surface area contributed by atoms with Crippen LogP contribution in [-0.2, 0) is 6.54 Å². The van der Waals surface area contributed by atoms with E-state index >= 15 is 0 Å². The fourth-order valence-corrected chi connectivity index (χ4v) is 4.86. The van der Waals surface area contributed by atoms with Gasteiger partial charge in [-0.3, -0.25) is 4.90 Å². The molecule has 1 aliphatic heterocycles. The van der Waals surface area contributed by atoms with Crippen LogP contribution in [0.15, 0.2) is 12.1 Å². The Hall–Kier alpha value is -0.0900. The van der Waals surface area contributed by atoms with Crippen LogP contribution in [0, 0.1) is 11.8 Å². The average molecular weight is 311 g/mol. The molecular formula is C16H23ClN2S. The molecule has 1 aromatic rings. The van der Waals surface area contributed by atoms with Crippen molar-refractivity contribution in [2.45, 2.75) is 50.7 Å². The van der Waals surface area contributed by atoms with Crippen molar-refractivity contribution < 1.29 is 0 Å². The van der Waals surface area contributed by atoms with Gasteiger partial charge >= 0.3 is 0 Å². The van der Waals surface area contributed by atoms with Crippen molar-refractivity contribution in [1.29, 1.82) is 0 Å². The van der Waals surface area contributed by atoms with Crippen molar-refractivity contribution in [3.63, 3.8) is 0 Å². The van der Waals surface area contributed by atoms with E-state index in [0.717, 1.165) is 35.3 Å². The molecule has 0 aromatic carbocycles. The molecule has 0 spiro atoms. The molecule has 2 atom stereocenters. The lowest BCUT2D eigenvalue weighted by Gasteiger charge is -2.49. The molecule has 0 amide bonds. The van der Waals surface area contributed by atoms with Gasteiger partial charge in [0.25, 0.3) is 0 Å². The number of halogens is 1. The number of nitrogens with one attached hydrogen (secondary N) is 1. The van der Waals surface area contributed by atoms with E-state index in [1.54, 1.807) is 11.3 Å². The van der Waals surface area contributed by atoms with Gasteiger partial charge in [-0.15, -0.1) is 11.3 Å². The number of rotatable bonds is 4.